The van der Waals surface area contributed by atoms with Crippen LogP contribution in [0.25, 0.3) is 0 Å². The van der Waals surface area contributed by atoms with Gasteiger partial charge in [0, 0.05) is 27.3 Å². The molecule has 0 saturated carbocycles. The van der Waals surface area contributed by atoms with Crippen molar-refractivity contribution in [3.8, 4) is 17.6 Å². The van der Waals surface area contributed by atoms with E-state index in [9.17, 15) is 9.90 Å². The Morgan fingerprint density at radius 3 is 2.60 bits per heavy atom. The molecule has 0 bridgehead atoms. The van der Waals surface area contributed by atoms with Gasteiger partial charge in [0.15, 0.2) is 0 Å². The lowest BCUT2D eigenvalue weighted by Gasteiger charge is -2.21. The molecule has 1 unspecified atom stereocenters. The Bertz CT molecular complexity index is 865. The highest BCUT2D eigenvalue weighted by Crippen LogP contribution is 2.38. The van der Waals surface area contributed by atoms with Crippen molar-refractivity contribution in [2.24, 2.45) is 5.92 Å². The first-order valence-electron chi connectivity index (χ1n) is 9.50. The number of hydrogen-bond donors (Lipinski definition) is 1. The molecule has 0 saturated heterocycles. The molecule has 0 aliphatic carbocycles. The Morgan fingerprint density at radius 2 is 2.07 bits per heavy atom. The monoisotopic (exact) mass is 477 g/mol. The molecule has 0 amide bonds. The van der Waals surface area contributed by atoms with Crippen LogP contribution in [0.15, 0.2) is 46.2 Å². The molecule has 0 heterocycles. The van der Waals surface area contributed by atoms with Gasteiger partial charge in [-0.15, -0.1) is 0 Å². The Balaban J connectivity index is 3.49. The van der Waals surface area contributed by atoms with Crippen molar-refractivity contribution >= 4 is 22.4 Å². The van der Waals surface area contributed by atoms with Gasteiger partial charge in [-0.2, -0.15) is 5.26 Å². The lowest BCUT2D eigenvalue weighted by atomic mass is 9.97. The lowest BCUT2D eigenvalue weighted by Crippen LogP contribution is -2.08. The van der Waals surface area contributed by atoms with Crippen LogP contribution < -0.4 is 9.47 Å². The molecule has 0 aromatic heterocycles. The highest BCUT2D eigenvalue weighted by Gasteiger charge is 2.20. The highest BCUT2D eigenvalue weighted by atomic mass is 79.9. The van der Waals surface area contributed by atoms with Crippen LogP contribution in [0.2, 0.25) is 0 Å². The van der Waals surface area contributed by atoms with Crippen molar-refractivity contribution in [1.82, 2.24) is 0 Å². The summed E-state index contributed by atoms with van der Waals surface area (Å²) in [6, 6.07) is 5.45. The zero-order valence-corrected chi connectivity index (χ0v) is 19.5. The second kappa shape index (κ2) is 12.9. The third-order valence-corrected chi connectivity index (χ3v) is 5.24. The van der Waals surface area contributed by atoms with Crippen molar-refractivity contribution in [2.45, 2.75) is 40.2 Å². The first kappa shape index (κ1) is 25.5. The van der Waals surface area contributed by atoms with Gasteiger partial charge in [-0.25, -0.2) is 0 Å². The van der Waals surface area contributed by atoms with Gasteiger partial charge < -0.3 is 19.3 Å². The maximum Gasteiger partial charge on any atom is 0.293 e. The standard InChI is InChI=1S/C23H28BrNO5/c1-6-19(24)18(13-29-14-26)22(8-7-11-25)30-21-10-9-17(20(27)12-15(2)3)23(28-5)16(21)4/h6-10,14-15,20,27H,12-13H2,1-5H3/b8-7+,19-6-,22-18+. The summed E-state index contributed by atoms with van der Waals surface area (Å²) < 4.78 is 17.2. The summed E-state index contributed by atoms with van der Waals surface area (Å²) in [6.07, 6.45) is 4.51. The van der Waals surface area contributed by atoms with Crippen LogP contribution >= 0.6 is 15.9 Å². The van der Waals surface area contributed by atoms with E-state index in [1.807, 2.05) is 33.8 Å². The Hall–Kier alpha value is -2.56. The lowest BCUT2D eigenvalue weighted by molar-refractivity contribution is -0.127. The maximum absolute atomic E-state index is 10.7. The summed E-state index contributed by atoms with van der Waals surface area (Å²) in [4.78, 5) is 10.7. The smallest absolute Gasteiger partial charge is 0.293 e. The summed E-state index contributed by atoms with van der Waals surface area (Å²) in [5.74, 6) is 1.69. The third kappa shape index (κ3) is 7.05. The molecule has 0 aliphatic heterocycles. The van der Waals surface area contributed by atoms with Crippen LogP contribution in [-0.2, 0) is 9.53 Å². The van der Waals surface area contributed by atoms with E-state index in [-0.39, 0.29) is 6.61 Å². The Morgan fingerprint density at radius 1 is 1.37 bits per heavy atom. The van der Waals surface area contributed by atoms with Gasteiger partial charge in [-0.05, 0) is 44.4 Å². The minimum atomic E-state index is -0.657. The topological polar surface area (TPSA) is 88.8 Å². The summed E-state index contributed by atoms with van der Waals surface area (Å²) in [6.45, 7) is 8.04. The van der Waals surface area contributed by atoms with Crippen LogP contribution in [0.1, 0.15) is 44.4 Å². The molecule has 1 aromatic carbocycles. The van der Waals surface area contributed by atoms with Gasteiger partial charge in [-0.1, -0.05) is 35.9 Å². The number of carbonyl (C=O) groups excluding carboxylic acids is 1. The van der Waals surface area contributed by atoms with Crippen molar-refractivity contribution in [3.63, 3.8) is 0 Å². The number of aliphatic hydroxyl groups excluding tert-OH is 1. The van der Waals surface area contributed by atoms with E-state index in [1.165, 1.54) is 12.2 Å². The van der Waals surface area contributed by atoms with E-state index in [1.54, 1.807) is 25.3 Å². The van der Waals surface area contributed by atoms with Crippen molar-refractivity contribution in [3.05, 3.63) is 57.3 Å². The molecule has 162 valence electrons. The summed E-state index contributed by atoms with van der Waals surface area (Å²) in [5, 5.41) is 19.5. The molecule has 0 aliphatic rings. The number of nitrogens with zero attached hydrogens (tertiary/aromatic N) is 1. The van der Waals surface area contributed by atoms with Crippen molar-refractivity contribution < 1.29 is 24.1 Å². The van der Waals surface area contributed by atoms with Gasteiger partial charge in [0.2, 0.25) is 0 Å². The fourth-order valence-corrected chi connectivity index (χ4v) is 3.20. The van der Waals surface area contributed by atoms with Gasteiger partial charge in [0.1, 0.15) is 23.9 Å². The molecule has 7 heteroatoms. The minimum Gasteiger partial charge on any atom is -0.496 e. The van der Waals surface area contributed by atoms with Gasteiger partial charge in [0.05, 0.1) is 19.3 Å². The highest BCUT2D eigenvalue weighted by molar-refractivity contribution is 9.12. The predicted octanol–water partition coefficient (Wildman–Crippen LogP) is 5.27. The minimum absolute atomic E-state index is 0.0408. The molecule has 0 radical (unpaired) electrons. The summed E-state index contributed by atoms with van der Waals surface area (Å²) >= 11 is 3.43. The maximum atomic E-state index is 10.7. The number of hydrogen-bond acceptors (Lipinski definition) is 6. The second-order valence-electron chi connectivity index (χ2n) is 6.91. The van der Waals surface area contributed by atoms with E-state index >= 15 is 0 Å². The zero-order valence-electron chi connectivity index (χ0n) is 17.9. The number of carbonyl (C=O) groups is 1. The van der Waals surface area contributed by atoms with E-state index in [0.29, 0.717) is 57.3 Å². The average Bonchev–Trinajstić information content (AvgIpc) is 2.71. The average molecular weight is 478 g/mol. The summed E-state index contributed by atoms with van der Waals surface area (Å²) in [5.41, 5.74) is 1.94. The Labute approximate surface area is 186 Å². The van der Waals surface area contributed by atoms with E-state index in [4.69, 9.17) is 19.5 Å². The number of halogens is 1. The molecule has 1 N–H and O–H groups in total. The van der Waals surface area contributed by atoms with Crippen molar-refractivity contribution in [1.29, 1.82) is 5.26 Å². The molecule has 0 fully saturated rings. The largest absolute Gasteiger partial charge is 0.496 e. The number of ether oxygens (including phenoxy) is 3. The normalized spacial score (nSPS) is 13.6. The Kier molecular flexibility index (Phi) is 10.9. The fourth-order valence-electron chi connectivity index (χ4n) is 2.89. The number of benzene rings is 1. The SMILES string of the molecule is C/C=C(Br)/C(COC=O)=C(\C=C\C#N)Oc1ccc(C(O)CC(C)C)c(OC)c1C. The number of rotatable bonds is 11. The third-order valence-electron chi connectivity index (χ3n) is 4.31. The zero-order chi connectivity index (χ0) is 22.7. The molecule has 1 atom stereocenters. The molecule has 30 heavy (non-hydrogen) atoms. The van der Waals surface area contributed by atoms with Crippen LogP contribution in [0, 0.1) is 24.2 Å². The van der Waals surface area contributed by atoms with Crippen molar-refractivity contribution in [2.75, 3.05) is 13.7 Å². The van der Waals surface area contributed by atoms with Crippen LogP contribution in [-0.4, -0.2) is 25.3 Å². The number of aliphatic hydroxyl groups is 1. The first-order valence-corrected chi connectivity index (χ1v) is 10.3. The van der Waals surface area contributed by atoms with Gasteiger partial charge >= 0.3 is 0 Å². The first-order chi connectivity index (χ1) is 14.3. The van der Waals surface area contributed by atoms with Crippen LogP contribution in [0.5, 0.6) is 11.5 Å². The molecular formula is C23H28BrNO5. The number of methoxy groups -OCH3 is 1. The number of nitriles is 1. The van der Waals surface area contributed by atoms with Crippen LogP contribution in [0.4, 0.5) is 0 Å². The number of allylic oxidation sites excluding steroid dienone is 3. The van der Waals surface area contributed by atoms with Gasteiger partial charge in [0.25, 0.3) is 6.47 Å². The predicted molar refractivity (Wildman–Crippen MR) is 119 cm³/mol. The summed E-state index contributed by atoms with van der Waals surface area (Å²) in [7, 11) is 1.55. The fraction of sp³-hybridized carbons (Fsp3) is 0.391. The van der Waals surface area contributed by atoms with E-state index in [2.05, 4.69) is 15.9 Å². The molecular weight excluding hydrogens is 450 g/mol. The quantitative estimate of drug-likeness (QED) is 0.202. The van der Waals surface area contributed by atoms with E-state index in [0.717, 1.165) is 0 Å². The molecule has 1 rings (SSSR count). The van der Waals surface area contributed by atoms with Gasteiger partial charge in [-0.3, -0.25) is 4.79 Å². The molecule has 1 aromatic rings. The van der Waals surface area contributed by atoms with Crippen LogP contribution in [0.3, 0.4) is 0 Å². The molecule has 0 spiro atoms. The second-order valence-corrected chi connectivity index (χ2v) is 7.76. The van der Waals surface area contributed by atoms with E-state index < -0.39 is 6.10 Å². The molecule has 6 nitrogen and oxygen atoms in total.